The van der Waals surface area contributed by atoms with Crippen LogP contribution >= 0.6 is 0 Å². The van der Waals surface area contributed by atoms with E-state index in [2.05, 4.69) is 10.3 Å². The fourth-order valence-corrected chi connectivity index (χ4v) is 2.81. The van der Waals surface area contributed by atoms with E-state index < -0.39 is 0 Å². The molecule has 2 N–H and O–H groups in total. The van der Waals surface area contributed by atoms with Gasteiger partial charge in [-0.3, -0.25) is 4.79 Å². The molecule has 1 aliphatic heterocycles. The van der Waals surface area contributed by atoms with Crippen LogP contribution in [-0.4, -0.2) is 11.5 Å². The lowest BCUT2D eigenvalue weighted by Gasteiger charge is -2.24. The molecule has 3 rings (SSSR count). The number of fused-ring (bicyclic) bond motifs is 3. The molecule has 0 aromatic carbocycles. The number of hydrogen-bond donors (Lipinski definition) is 2. The Hall–Kier alpha value is -1.09. The summed E-state index contributed by atoms with van der Waals surface area (Å²) in [6, 6.07) is 0. The molecular weight excluding hydrogens is 188 g/mol. The molecule has 0 bridgehead atoms. The molecule has 2 aliphatic rings. The first-order valence-electron chi connectivity index (χ1n) is 5.83. The van der Waals surface area contributed by atoms with Crippen LogP contribution < -0.4 is 10.9 Å². The Bertz CT molecular complexity index is 448. The van der Waals surface area contributed by atoms with Crippen molar-refractivity contribution in [2.24, 2.45) is 0 Å². The van der Waals surface area contributed by atoms with Gasteiger partial charge in [-0.25, -0.2) is 0 Å². The van der Waals surface area contributed by atoms with E-state index in [-0.39, 0.29) is 5.56 Å². The third-order valence-electron chi connectivity index (χ3n) is 3.59. The Labute approximate surface area is 88.9 Å². The van der Waals surface area contributed by atoms with Gasteiger partial charge in [0, 0.05) is 30.8 Å². The summed E-state index contributed by atoms with van der Waals surface area (Å²) in [7, 11) is 0. The Kier molecular flexibility index (Phi) is 2.13. The SMILES string of the molecule is O=c1[nH]c2c(c3c1CCCC3)CNCC2. The number of pyridine rings is 1. The zero-order chi connectivity index (χ0) is 10.3. The van der Waals surface area contributed by atoms with Gasteiger partial charge in [0.1, 0.15) is 0 Å². The highest BCUT2D eigenvalue weighted by atomic mass is 16.1. The highest BCUT2D eigenvalue weighted by Gasteiger charge is 2.21. The Morgan fingerprint density at radius 3 is 2.60 bits per heavy atom. The van der Waals surface area contributed by atoms with Crippen LogP contribution in [0.1, 0.15) is 35.2 Å². The first-order valence-corrected chi connectivity index (χ1v) is 5.83. The fourth-order valence-electron chi connectivity index (χ4n) is 2.81. The van der Waals surface area contributed by atoms with E-state index in [1.807, 2.05) is 0 Å². The standard InChI is InChI=1S/C12H16N2O/c15-12-9-4-2-1-3-8(9)10-7-13-6-5-11(10)14-12/h13H,1-7H2,(H,14,15). The van der Waals surface area contributed by atoms with Crippen LogP contribution in [0.5, 0.6) is 0 Å². The lowest BCUT2D eigenvalue weighted by atomic mass is 9.87. The summed E-state index contributed by atoms with van der Waals surface area (Å²) in [5.74, 6) is 0. The minimum atomic E-state index is 0.172. The van der Waals surface area contributed by atoms with E-state index in [1.165, 1.54) is 29.7 Å². The van der Waals surface area contributed by atoms with Gasteiger partial charge in [0.15, 0.2) is 0 Å². The predicted molar refractivity (Wildman–Crippen MR) is 59.1 cm³/mol. The highest BCUT2D eigenvalue weighted by molar-refractivity contribution is 5.39. The van der Waals surface area contributed by atoms with Crippen molar-refractivity contribution in [1.82, 2.24) is 10.3 Å². The Morgan fingerprint density at radius 1 is 0.933 bits per heavy atom. The van der Waals surface area contributed by atoms with Crippen molar-refractivity contribution in [3.05, 3.63) is 32.7 Å². The summed E-state index contributed by atoms with van der Waals surface area (Å²) in [6.07, 6.45) is 5.45. The van der Waals surface area contributed by atoms with Crippen molar-refractivity contribution in [2.45, 2.75) is 38.6 Å². The topological polar surface area (TPSA) is 44.9 Å². The third kappa shape index (κ3) is 1.42. The lowest BCUT2D eigenvalue weighted by molar-refractivity contribution is 0.597. The van der Waals surface area contributed by atoms with E-state index in [0.29, 0.717) is 0 Å². The van der Waals surface area contributed by atoms with Gasteiger partial charge in [-0.1, -0.05) is 0 Å². The monoisotopic (exact) mass is 204 g/mol. The van der Waals surface area contributed by atoms with Crippen molar-refractivity contribution in [2.75, 3.05) is 6.54 Å². The molecular formula is C12H16N2O. The van der Waals surface area contributed by atoms with Gasteiger partial charge in [-0.2, -0.15) is 0 Å². The predicted octanol–water partition coefficient (Wildman–Crippen LogP) is 0.899. The smallest absolute Gasteiger partial charge is 0.251 e. The summed E-state index contributed by atoms with van der Waals surface area (Å²) in [4.78, 5) is 14.9. The van der Waals surface area contributed by atoms with E-state index in [1.54, 1.807) is 0 Å². The van der Waals surface area contributed by atoms with Gasteiger partial charge in [0.25, 0.3) is 5.56 Å². The molecule has 0 fully saturated rings. The van der Waals surface area contributed by atoms with Crippen LogP contribution in [0, 0.1) is 0 Å². The zero-order valence-corrected chi connectivity index (χ0v) is 8.86. The molecule has 80 valence electrons. The third-order valence-corrected chi connectivity index (χ3v) is 3.59. The molecule has 0 radical (unpaired) electrons. The Morgan fingerprint density at radius 2 is 1.73 bits per heavy atom. The van der Waals surface area contributed by atoms with E-state index >= 15 is 0 Å². The zero-order valence-electron chi connectivity index (χ0n) is 8.86. The van der Waals surface area contributed by atoms with Crippen LogP contribution in [-0.2, 0) is 25.8 Å². The minimum absolute atomic E-state index is 0.172. The molecule has 1 aromatic rings. The molecule has 0 saturated heterocycles. The first kappa shape index (κ1) is 9.16. The van der Waals surface area contributed by atoms with Gasteiger partial charge in [-0.05, 0) is 36.8 Å². The molecule has 3 heteroatoms. The maximum absolute atomic E-state index is 11.9. The molecule has 3 nitrogen and oxygen atoms in total. The Balaban J connectivity index is 2.23. The normalized spacial score (nSPS) is 19.5. The number of hydrogen-bond acceptors (Lipinski definition) is 2. The summed E-state index contributed by atoms with van der Waals surface area (Å²) < 4.78 is 0. The molecule has 15 heavy (non-hydrogen) atoms. The molecule has 1 aromatic heterocycles. The van der Waals surface area contributed by atoms with Crippen molar-refractivity contribution in [3.8, 4) is 0 Å². The van der Waals surface area contributed by atoms with Crippen molar-refractivity contribution in [1.29, 1.82) is 0 Å². The van der Waals surface area contributed by atoms with Crippen LogP contribution in [0.15, 0.2) is 4.79 Å². The average Bonchev–Trinajstić information content (AvgIpc) is 2.30. The molecule has 0 atom stereocenters. The van der Waals surface area contributed by atoms with E-state index in [4.69, 9.17) is 0 Å². The van der Waals surface area contributed by atoms with Crippen LogP contribution in [0.4, 0.5) is 0 Å². The summed E-state index contributed by atoms with van der Waals surface area (Å²) >= 11 is 0. The van der Waals surface area contributed by atoms with Crippen LogP contribution in [0.3, 0.4) is 0 Å². The molecule has 0 saturated carbocycles. The maximum atomic E-state index is 11.9. The number of nitrogens with one attached hydrogen (secondary N) is 2. The molecule has 1 aliphatic carbocycles. The molecule has 0 unspecified atom stereocenters. The van der Waals surface area contributed by atoms with Crippen molar-refractivity contribution in [3.63, 3.8) is 0 Å². The van der Waals surface area contributed by atoms with E-state index in [9.17, 15) is 4.79 Å². The van der Waals surface area contributed by atoms with Crippen LogP contribution in [0.2, 0.25) is 0 Å². The van der Waals surface area contributed by atoms with Gasteiger partial charge in [-0.15, -0.1) is 0 Å². The largest absolute Gasteiger partial charge is 0.326 e. The second kappa shape index (κ2) is 3.49. The van der Waals surface area contributed by atoms with Gasteiger partial charge >= 0.3 is 0 Å². The minimum Gasteiger partial charge on any atom is -0.326 e. The maximum Gasteiger partial charge on any atom is 0.251 e. The average molecular weight is 204 g/mol. The summed E-state index contributed by atoms with van der Waals surface area (Å²) in [5, 5.41) is 3.39. The van der Waals surface area contributed by atoms with Gasteiger partial charge in [0.2, 0.25) is 0 Å². The summed E-state index contributed by atoms with van der Waals surface area (Å²) in [6.45, 7) is 1.93. The molecule has 0 amide bonds. The van der Waals surface area contributed by atoms with E-state index in [0.717, 1.165) is 37.9 Å². The first-order chi connectivity index (χ1) is 7.36. The second-order valence-corrected chi connectivity index (χ2v) is 4.50. The van der Waals surface area contributed by atoms with Gasteiger partial charge < -0.3 is 10.3 Å². The van der Waals surface area contributed by atoms with Crippen LogP contribution in [0.25, 0.3) is 0 Å². The number of aromatic nitrogens is 1. The van der Waals surface area contributed by atoms with Gasteiger partial charge in [0.05, 0.1) is 0 Å². The summed E-state index contributed by atoms with van der Waals surface area (Å²) in [5.41, 5.74) is 5.15. The highest BCUT2D eigenvalue weighted by Crippen LogP contribution is 2.24. The molecule has 0 spiro atoms. The molecule has 2 heterocycles. The lowest BCUT2D eigenvalue weighted by Crippen LogP contribution is -2.31. The number of H-pyrrole nitrogens is 1. The van der Waals surface area contributed by atoms with Crippen molar-refractivity contribution >= 4 is 0 Å². The number of rotatable bonds is 0. The fraction of sp³-hybridized carbons (Fsp3) is 0.583. The number of aromatic amines is 1. The second-order valence-electron chi connectivity index (χ2n) is 4.50. The quantitative estimate of drug-likeness (QED) is 0.659. The van der Waals surface area contributed by atoms with Crippen molar-refractivity contribution < 1.29 is 0 Å².